The van der Waals surface area contributed by atoms with E-state index < -0.39 is 0 Å². The van der Waals surface area contributed by atoms with E-state index in [2.05, 4.69) is 41.2 Å². The molecule has 3 aromatic rings. The molecule has 0 fully saturated rings. The van der Waals surface area contributed by atoms with Gasteiger partial charge in [0.1, 0.15) is 0 Å². The van der Waals surface area contributed by atoms with Crippen molar-refractivity contribution in [1.82, 2.24) is 9.97 Å². The standard InChI is InChI=1S/C15H14N2/c1-3-11-8-13-7-6-12-5-4-10(2)17-15(12)14(13)16-9-11/h4-9H,3H2,1-2H3. The Hall–Kier alpha value is -1.96. The second-order valence-electron chi connectivity index (χ2n) is 4.36. The zero-order valence-electron chi connectivity index (χ0n) is 10.1. The lowest BCUT2D eigenvalue weighted by atomic mass is 10.1. The monoisotopic (exact) mass is 222 g/mol. The molecule has 0 aliphatic carbocycles. The average molecular weight is 222 g/mol. The van der Waals surface area contributed by atoms with E-state index in [1.807, 2.05) is 19.2 Å². The number of rotatable bonds is 1. The molecule has 0 saturated carbocycles. The molecule has 0 spiro atoms. The van der Waals surface area contributed by atoms with Crippen LogP contribution in [0.3, 0.4) is 0 Å². The van der Waals surface area contributed by atoms with Crippen molar-refractivity contribution in [2.75, 3.05) is 0 Å². The minimum Gasteiger partial charge on any atom is -0.254 e. The SMILES string of the molecule is CCc1cnc2c(ccc3ccc(C)nc32)c1. The van der Waals surface area contributed by atoms with Gasteiger partial charge in [0.15, 0.2) is 0 Å². The van der Waals surface area contributed by atoms with E-state index in [9.17, 15) is 0 Å². The van der Waals surface area contributed by atoms with Gasteiger partial charge in [-0.25, -0.2) is 0 Å². The second kappa shape index (κ2) is 3.81. The van der Waals surface area contributed by atoms with Gasteiger partial charge in [0.25, 0.3) is 0 Å². The quantitative estimate of drug-likeness (QED) is 0.587. The third-order valence-electron chi connectivity index (χ3n) is 3.11. The number of fused-ring (bicyclic) bond motifs is 3. The number of benzene rings is 1. The molecule has 2 heteroatoms. The lowest BCUT2D eigenvalue weighted by molar-refractivity contribution is 1.12. The predicted molar refractivity (Wildman–Crippen MR) is 71.2 cm³/mol. The maximum atomic E-state index is 4.60. The van der Waals surface area contributed by atoms with Gasteiger partial charge in [-0.05, 0) is 31.0 Å². The van der Waals surface area contributed by atoms with Crippen molar-refractivity contribution in [1.29, 1.82) is 0 Å². The van der Waals surface area contributed by atoms with Crippen LogP contribution in [-0.4, -0.2) is 9.97 Å². The predicted octanol–water partition coefficient (Wildman–Crippen LogP) is 3.65. The molecule has 0 atom stereocenters. The first kappa shape index (κ1) is 10.2. The van der Waals surface area contributed by atoms with Crippen LogP contribution in [0.15, 0.2) is 36.5 Å². The van der Waals surface area contributed by atoms with E-state index in [1.165, 1.54) is 10.9 Å². The maximum Gasteiger partial charge on any atom is 0.0967 e. The molecule has 0 aliphatic heterocycles. The van der Waals surface area contributed by atoms with Gasteiger partial charge in [0.05, 0.1) is 11.0 Å². The average Bonchev–Trinajstić information content (AvgIpc) is 2.37. The fraction of sp³-hybridized carbons (Fsp3) is 0.200. The molecule has 0 aliphatic rings. The van der Waals surface area contributed by atoms with Crippen LogP contribution >= 0.6 is 0 Å². The topological polar surface area (TPSA) is 25.8 Å². The summed E-state index contributed by atoms with van der Waals surface area (Å²) < 4.78 is 0. The number of aromatic nitrogens is 2. The van der Waals surface area contributed by atoms with Gasteiger partial charge in [-0.1, -0.05) is 25.1 Å². The normalized spacial score (nSPS) is 11.2. The van der Waals surface area contributed by atoms with E-state index in [1.54, 1.807) is 0 Å². The van der Waals surface area contributed by atoms with E-state index in [4.69, 9.17) is 0 Å². The van der Waals surface area contributed by atoms with Gasteiger partial charge < -0.3 is 0 Å². The summed E-state index contributed by atoms with van der Waals surface area (Å²) in [6.45, 7) is 4.16. The second-order valence-corrected chi connectivity index (χ2v) is 4.36. The molecule has 2 heterocycles. The fourth-order valence-corrected chi connectivity index (χ4v) is 2.12. The molecule has 0 bridgehead atoms. The molecule has 1 aromatic carbocycles. The molecule has 0 N–H and O–H groups in total. The van der Waals surface area contributed by atoms with E-state index in [-0.39, 0.29) is 0 Å². The summed E-state index contributed by atoms with van der Waals surface area (Å²) in [4.78, 5) is 9.16. The Kier molecular flexibility index (Phi) is 2.29. The van der Waals surface area contributed by atoms with Crippen molar-refractivity contribution >= 4 is 21.8 Å². The summed E-state index contributed by atoms with van der Waals surface area (Å²) in [6.07, 6.45) is 2.97. The molecular formula is C15H14N2. The van der Waals surface area contributed by atoms with Gasteiger partial charge in [-0.3, -0.25) is 9.97 Å². The summed E-state index contributed by atoms with van der Waals surface area (Å²) in [5.74, 6) is 0. The number of hydrogen-bond acceptors (Lipinski definition) is 2. The van der Waals surface area contributed by atoms with Crippen molar-refractivity contribution in [3.05, 3.63) is 47.8 Å². The minimum absolute atomic E-state index is 1.00. The maximum absolute atomic E-state index is 4.60. The minimum atomic E-state index is 1.00. The summed E-state index contributed by atoms with van der Waals surface area (Å²) in [6, 6.07) is 10.6. The van der Waals surface area contributed by atoms with Crippen molar-refractivity contribution in [2.45, 2.75) is 20.3 Å². The molecule has 0 saturated heterocycles. The van der Waals surface area contributed by atoms with E-state index in [0.717, 1.165) is 28.5 Å². The first-order chi connectivity index (χ1) is 8.28. The highest BCUT2D eigenvalue weighted by molar-refractivity contribution is 6.02. The van der Waals surface area contributed by atoms with Gasteiger partial charge in [-0.2, -0.15) is 0 Å². The summed E-state index contributed by atoms with van der Waals surface area (Å²) in [5, 5.41) is 2.33. The van der Waals surface area contributed by atoms with Gasteiger partial charge >= 0.3 is 0 Å². The van der Waals surface area contributed by atoms with Crippen LogP contribution in [0.1, 0.15) is 18.2 Å². The number of nitrogens with zero attached hydrogens (tertiary/aromatic N) is 2. The first-order valence-electron chi connectivity index (χ1n) is 5.93. The Morgan fingerprint density at radius 1 is 1.00 bits per heavy atom. The summed E-state index contributed by atoms with van der Waals surface area (Å²) in [7, 11) is 0. The van der Waals surface area contributed by atoms with Crippen molar-refractivity contribution in [3.8, 4) is 0 Å². The Labute approximate surface area is 100 Å². The van der Waals surface area contributed by atoms with Crippen LogP contribution in [0, 0.1) is 6.92 Å². The van der Waals surface area contributed by atoms with E-state index >= 15 is 0 Å². The molecular weight excluding hydrogens is 208 g/mol. The molecule has 0 amide bonds. The van der Waals surface area contributed by atoms with Gasteiger partial charge in [0.2, 0.25) is 0 Å². The van der Waals surface area contributed by atoms with Crippen LogP contribution in [0.25, 0.3) is 21.8 Å². The van der Waals surface area contributed by atoms with Crippen LogP contribution < -0.4 is 0 Å². The van der Waals surface area contributed by atoms with Crippen LogP contribution in [0.5, 0.6) is 0 Å². The third-order valence-corrected chi connectivity index (χ3v) is 3.11. The Morgan fingerprint density at radius 3 is 2.59 bits per heavy atom. The number of aryl methyl sites for hydroxylation is 2. The molecule has 84 valence electrons. The Morgan fingerprint density at radius 2 is 1.76 bits per heavy atom. The van der Waals surface area contributed by atoms with Gasteiger partial charge in [-0.15, -0.1) is 0 Å². The molecule has 0 unspecified atom stereocenters. The molecule has 2 aromatic heterocycles. The Bertz CT molecular complexity index is 702. The third kappa shape index (κ3) is 1.66. The molecule has 17 heavy (non-hydrogen) atoms. The summed E-state index contributed by atoms with van der Waals surface area (Å²) in [5.41, 5.74) is 4.31. The van der Waals surface area contributed by atoms with Gasteiger partial charge in [0, 0.05) is 22.7 Å². The number of hydrogen-bond donors (Lipinski definition) is 0. The van der Waals surface area contributed by atoms with E-state index in [0.29, 0.717) is 0 Å². The highest BCUT2D eigenvalue weighted by Crippen LogP contribution is 2.23. The molecule has 0 radical (unpaired) electrons. The zero-order valence-corrected chi connectivity index (χ0v) is 10.1. The number of pyridine rings is 2. The summed E-state index contributed by atoms with van der Waals surface area (Å²) >= 11 is 0. The van der Waals surface area contributed by atoms with Crippen LogP contribution in [-0.2, 0) is 6.42 Å². The van der Waals surface area contributed by atoms with Crippen molar-refractivity contribution in [2.24, 2.45) is 0 Å². The zero-order chi connectivity index (χ0) is 11.8. The fourth-order valence-electron chi connectivity index (χ4n) is 2.12. The highest BCUT2D eigenvalue weighted by atomic mass is 14.7. The smallest absolute Gasteiger partial charge is 0.0967 e. The lowest BCUT2D eigenvalue weighted by Crippen LogP contribution is -1.89. The largest absolute Gasteiger partial charge is 0.254 e. The van der Waals surface area contributed by atoms with Crippen LogP contribution in [0.2, 0.25) is 0 Å². The molecule has 2 nitrogen and oxygen atoms in total. The first-order valence-corrected chi connectivity index (χ1v) is 5.93. The van der Waals surface area contributed by atoms with Crippen LogP contribution in [0.4, 0.5) is 0 Å². The molecule has 3 rings (SSSR count). The van der Waals surface area contributed by atoms with Crippen molar-refractivity contribution in [3.63, 3.8) is 0 Å². The lowest BCUT2D eigenvalue weighted by Gasteiger charge is -2.04. The van der Waals surface area contributed by atoms with Crippen molar-refractivity contribution < 1.29 is 0 Å². The Balaban J connectivity index is 2.42. The highest BCUT2D eigenvalue weighted by Gasteiger charge is 2.04.